The van der Waals surface area contributed by atoms with Crippen LogP contribution in [0.4, 0.5) is 0 Å². The van der Waals surface area contributed by atoms with E-state index in [4.69, 9.17) is 16.0 Å². The van der Waals surface area contributed by atoms with Crippen LogP contribution in [-0.4, -0.2) is 6.29 Å². The van der Waals surface area contributed by atoms with Crippen molar-refractivity contribution in [1.29, 1.82) is 0 Å². The van der Waals surface area contributed by atoms with Gasteiger partial charge in [-0.05, 0) is 25.1 Å². The Kier molecular flexibility index (Phi) is 3.36. The average Bonchev–Trinajstić information content (AvgIpc) is 2.65. The number of aryl methyl sites for hydroxylation is 1. The zero-order valence-electron chi connectivity index (χ0n) is 8.57. The Morgan fingerprint density at radius 3 is 2.75 bits per heavy atom. The van der Waals surface area contributed by atoms with E-state index in [0.29, 0.717) is 10.6 Å². The van der Waals surface area contributed by atoms with Crippen LogP contribution < -0.4 is 0 Å². The van der Waals surface area contributed by atoms with E-state index >= 15 is 0 Å². The van der Waals surface area contributed by atoms with Gasteiger partial charge in [0.05, 0.1) is 16.2 Å². The highest BCUT2D eigenvalue weighted by molar-refractivity contribution is 7.99. The molecular weight excluding hydrogens is 244 g/mol. The molecule has 2 aromatic rings. The predicted octanol–water partition coefficient (Wildman–Crippen LogP) is 4.21. The minimum Gasteiger partial charge on any atom is -0.468 e. The van der Waals surface area contributed by atoms with Gasteiger partial charge in [-0.1, -0.05) is 29.4 Å². The molecule has 2 nitrogen and oxygen atoms in total. The first kappa shape index (κ1) is 11.3. The van der Waals surface area contributed by atoms with Crippen LogP contribution in [0, 0.1) is 6.92 Å². The van der Waals surface area contributed by atoms with Gasteiger partial charge in [0.1, 0.15) is 5.76 Å². The number of halogens is 1. The molecule has 0 fully saturated rings. The van der Waals surface area contributed by atoms with Gasteiger partial charge in [-0.3, -0.25) is 4.79 Å². The SMILES string of the molecule is Cc1occc1Sc1cccc(Cl)c1C=O. The summed E-state index contributed by atoms with van der Waals surface area (Å²) >= 11 is 7.42. The molecule has 0 saturated carbocycles. The molecule has 0 aliphatic carbocycles. The second-order valence-corrected chi connectivity index (χ2v) is 4.70. The zero-order valence-corrected chi connectivity index (χ0v) is 10.1. The number of carbonyl (C=O) groups excluding carboxylic acids is 1. The maximum Gasteiger partial charge on any atom is 0.152 e. The Labute approximate surface area is 103 Å². The van der Waals surface area contributed by atoms with Gasteiger partial charge in [-0.2, -0.15) is 0 Å². The molecule has 16 heavy (non-hydrogen) atoms. The van der Waals surface area contributed by atoms with Crippen molar-refractivity contribution < 1.29 is 9.21 Å². The minimum atomic E-state index is 0.473. The summed E-state index contributed by atoms with van der Waals surface area (Å²) in [6.07, 6.45) is 2.41. The number of aldehydes is 1. The zero-order chi connectivity index (χ0) is 11.5. The fourth-order valence-electron chi connectivity index (χ4n) is 1.32. The van der Waals surface area contributed by atoms with Crippen LogP contribution in [0.2, 0.25) is 5.02 Å². The monoisotopic (exact) mass is 252 g/mol. The number of hydrogen-bond donors (Lipinski definition) is 0. The van der Waals surface area contributed by atoms with Crippen molar-refractivity contribution in [3.8, 4) is 0 Å². The van der Waals surface area contributed by atoms with E-state index < -0.39 is 0 Å². The van der Waals surface area contributed by atoms with E-state index in [1.807, 2.05) is 25.1 Å². The molecule has 0 saturated heterocycles. The first-order valence-corrected chi connectivity index (χ1v) is 5.87. The molecule has 0 aliphatic rings. The molecule has 0 N–H and O–H groups in total. The second kappa shape index (κ2) is 4.76. The van der Waals surface area contributed by atoms with Crippen molar-refractivity contribution in [2.24, 2.45) is 0 Å². The van der Waals surface area contributed by atoms with E-state index in [9.17, 15) is 4.79 Å². The fraction of sp³-hybridized carbons (Fsp3) is 0.0833. The molecule has 0 spiro atoms. The van der Waals surface area contributed by atoms with Crippen LogP contribution >= 0.6 is 23.4 Å². The fourth-order valence-corrected chi connectivity index (χ4v) is 2.56. The van der Waals surface area contributed by atoms with E-state index in [1.54, 1.807) is 12.3 Å². The largest absolute Gasteiger partial charge is 0.468 e. The molecule has 0 amide bonds. The van der Waals surface area contributed by atoms with Crippen LogP contribution in [0.3, 0.4) is 0 Å². The van der Waals surface area contributed by atoms with Gasteiger partial charge in [-0.25, -0.2) is 0 Å². The third-order valence-electron chi connectivity index (χ3n) is 2.16. The third-order valence-corrected chi connectivity index (χ3v) is 3.71. The standard InChI is InChI=1S/C12H9ClO2S/c1-8-11(5-6-15-8)16-12-4-2-3-10(13)9(12)7-14/h2-7H,1H3. The summed E-state index contributed by atoms with van der Waals surface area (Å²) in [5, 5.41) is 0.473. The van der Waals surface area contributed by atoms with Gasteiger partial charge >= 0.3 is 0 Å². The molecule has 2 rings (SSSR count). The van der Waals surface area contributed by atoms with Crippen molar-refractivity contribution in [3.63, 3.8) is 0 Å². The third kappa shape index (κ3) is 2.15. The quantitative estimate of drug-likeness (QED) is 0.767. The van der Waals surface area contributed by atoms with Gasteiger partial charge in [0.15, 0.2) is 6.29 Å². The molecular formula is C12H9ClO2S. The molecule has 1 aromatic heterocycles. The van der Waals surface area contributed by atoms with E-state index in [0.717, 1.165) is 21.8 Å². The average molecular weight is 253 g/mol. The van der Waals surface area contributed by atoms with Crippen molar-refractivity contribution in [1.82, 2.24) is 0 Å². The highest BCUT2D eigenvalue weighted by atomic mass is 35.5. The number of furan rings is 1. The van der Waals surface area contributed by atoms with Gasteiger partial charge in [0.2, 0.25) is 0 Å². The summed E-state index contributed by atoms with van der Waals surface area (Å²) in [7, 11) is 0. The molecule has 0 radical (unpaired) electrons. The maximum atomic E-state index is 10.9. The van der Waals surface area contributed by atoms with Crippen LogP contribution in [0.15, 0.2) is 44.7 Å². The molecule has 82 valence electrons. The Morgan fingerprint density at radius 2 is 2.12 bits per heavy atom. The highest BCUT2D eigenvalue weighted by Gasteiger charge is 2.10. The number of benzene rings is 1. The van der Waals surface area contributed by atoms with Crippen molar-refractivity contribution in [2.75, 3.05) is 0 Å². The molecule has 0 atom stereocenters. The lowest BCUT2D eigenvalue weighted by molar-refractivity contribution is 0.112. The molecule has 1 heterocycles. The van der Waals surface area contributed by atoms with Crippen LogP contribution in [0.5, 0.6) is 0 Å². The number of carbonyl (C=O) groups is 1. The lowest BCUT2D eigenvalue weighted by Crippen LogP contribution is -1.86. The van der Waals surface area contributed by atoms with Gasteiger partial charge < -0.3 is 4.42 Å². The van der Waals surface area contributed by atoms with Gasteiger partial charge in [0.25, 0.3) is 0 Å². The topological polar surface area (TPSA) is 30.2 Å². The lowest BCUT2D eigenvalue weighted by Gasteiger charge is -2.04. The van der Waals surface area contributed by atoms with Crippen molar-refractivity contribution in [3.05, 3.63) is 46.9 Å². The first-order chi connectivity index (χ1) is 7.72. The molecule has 0 unspecified atom stereocenters. The molecule has 0 aliphatic heterocycles. The summed E-state index contributed by atoms with van der Waals surface area (Å²) in [6.45, 7) is 1.88. The Hall–Kier alpha value is -1.19. The summed E-state index contributed by atoms with van der Waals surface area (Å²) in [5.41, 5.74) is 0.523. The maximum absolute atomic E-state index is 10.9. The minimum absolute atomic E-state index is 0.473. The normalized spacial score (nSPS) is 10.4. The van der Waals surface area contributed by atoms with Gasteiger partial charge in [0, 0.05) is 10.5 Å². The summed E-state index contributed by atoms with van der Waals surface area (Å²) in [5.74, 6) is 0.835. The molecule has 4 heteroatoms. The molecule has 1 aromatic carbocycles. The first-order valence-electron chi connectivity index (χ1n) is 4.68. The van der Waals surface area contributed by atoms with Crippen LogP contribution in [0.1, 0.15) is 16.1 Å². The summed E-state index contributed by atoms with van der Waals surface area (Å²) < 4.78 is 5.20. The van der Waals surface area contributed by atoms with Crippen LogP contribution in [-0.2, 0) is 0 Å². The molecule has 0 bridgehead atoms. The summed E-state index contributed by atoms with van der Waals surface area (Å²) in [4.78, 5) is 12.8. The van der Waals surface area contributed by atoms with E-state index in [-0.39, 0.29) is 0 Å². The Morgan fingerprint density at radius 1 is 1.31 bits per heavy atom. The second-order valence-electron chi connectivity index (χ2n) is 3.21. The van der Waals surface area contributed by atoms with Gasteiger partial charge in [-0.15, -0.1) is 0 Å². The van der Waals surface area contributed by atoms with Crippen molar-refractivity contribution in [2.45, 2.75) is 16.7 Å². The number of rotatable bonds is 3. The Bertz CT molecular complexity index is 519. The van der Waals surface area contributed by atoms with Crippen molar-refractivity contribution >= 4 is 29.6 Å². The van der Waals surface area contributed by atoms with E-state index in [2.05, 4.69) is 0 Å². The smallest absolute Gasteiger partial charge is 0.152 e. The predicted molar refractivity (Wildman–Crippen MR) is 64.4 cm³/mol. The summed E-state index contributed by atoms with van der Waals surface area (Å²) in [6, 6.07) is 7.27. The highest BCUT2D eigenvalue weighted by Crippen LogP contribution is 2.34. The lowest BCUT2D eigenvalue weighted by atomic mass is 10.2. The van der Waals surface area contributed by atoms with E-state index in [1.165, 1.54) is 11.8 Å². The Balaban J connectivity index is 2.38. The number of hydrogen-bond acceptors (Lipinski definition) is 3. The van der Waals surface area contributed by atoms with Crippen LogP contribution in [0.25, 0.3) is 0 Å².